The summed E-state index contributed by atoms with van der Waals surface area (Å²) in [6.45, 7) is 0.0690. The molecule has 0 spiro atoms. The number of nitrogens with zero attached hydrogens (tertiary/aromatic N) is 4. The SMILES string of the molecule is CN(C)C(=O)Cn1cc(C(=O)N[C@@H]2CCc3ccccc32)nn1. The van der Waals surface area contributed by atoms with Crippen LogP contribution in [0.25, 0.3) is 0 Å². The maximum Gasteiger partial charge on any atom is 0.273 e. The first-order valence-corrected chi connectivity index (χ1v) is 7.53. The number of hydrogen-bond acceptors (Lipinski definition) is 4. The van der Waals surface area contributed by atoms with Gasteiger partial charge in [-0.2, -0.15) is 0 Å². The highest BCUT2D eigenvalue weighted by Crippen LogP contribution is 2.30. The third kappa shape index (κ3) is 3.23. The van der Waals surface area contributed by atoms with Crippen LogP contribution in [0.15, 0.2) is 30.5 Å². The molecule has 1 aromatic heterocycles. The Morgan fingerprint density at radius 2 is 2.13 bits per heavy atom. The molecular formula is C16H19N5O2. The van der Waals surface area contributed by atoms with Crippen molar-refractivity contribution in [3.8, 4) is 0 Å². The normalized spacial score (nSPS) is 16.0. The minimum Gasteiger partial charge on any atom is -0.347 e. The molecule has 2 amide bonds. The lowest BCUT2D eigenvalue weighted by atomic mass is 10.1. The third-order valence-corrected chi connectivity index (χ3v) is 4.01. The molecule has 0 saturated heterocycles. The molecule has 3 rings (SSSR count). The second-order valence-corrected chi connectivity index (χ2v) is 5.85. The monoisotopic (exact) mass is 313 g/mol. The van der Waals surface area contributed by atoms with Gasteiger partial charge in [0.1, 0.15) is 6.54 Å². The topological polar surface area (TPSA) is 80.1 Å². The molecule has 2 aromatic rings. The molecule has 23 heavy (non-hydrogen) atoms. The van der Waals surface area contributed by atoms with Gasteiger partial charge in [-0.1, -0.05) is 29.5 Å². The van der Waals surface area contributed by atoms with Gasteiger partial charge in [0, 0.05) is 14.1 Å². The first kappa shape index (κ1) is 15.2. The second kappa shape index (κ2) is 6.20. The highest BCUT2D eigenvalue weighted by molar-refractivity contribution is 5.92. The fourth-order valence-corrected chi connectivity index (χ4v) is 2.70. The lowest BCUT2D eigenvalue weighted by Crippen LogP contribution is -2.27. The van der Waals surface area contributed by atoms with Crippen molar-refractivity contribution in [3.63, 3.8) is 0 Å². The Morgan fingerprint density at radius 1 is 1.35 bits per heavy atom. The number of aryl methyl sites for hydroxylation is 1. The van der Waals surface area contributed by atoms with E-state index < -0.39 is 0 Å². The molecule has 7 nitrogen and oxygen atoms in total. The van der Waals surface area contributed by atoms with E-state index in [1.54, 1.807) is 14.1 Å². The van der Waals surface area contributed by atoms with Gasteiger partial charge in [-0.25, -0.2) is 4.68 Å². The van der Waals surface area contributed by atoms with Crippen molar-refractivity contribution >= 4 is 11.8 Å². The lowest BCUT2D eigenvalue weighted by molar-refractivity contribution is -0.129. The number of benzene rings is 1. The molecule has 1 N–H and O–H groups in total. The van der Waals surface area contributed by atoms with Gasteiger partial charge >= 0.3 is 0 Å². The van der Waals surface area contributed by atoms with Crippen LogP contribution in [0.2, 0.25) is 0 Å². The van der Waals surface area contributed by atoms with Gasteiger partial charge in [0.05, 0.1) is 12.2 Å². The quantitative estimate of drug-likeness (QED) is 0.905. The van der Waals surface area contributed by atoms with Crippen molar-refractivity contribution in [1.82, 2.24) is 25.2 Å². The van der Waals surface area contributed by atoms with E-state index in [2.05, 4.69) is 21.7 Å². The van der Waals surface area contributed by atoms with Crippen LogP contribution in [0, 0.1) is 0 Å². The van der Waals surface area contributed by atoms with Crippen LogP contribution in [0.3, 0.4) is 0 Å². The fraction of sp³-hybridized carbons (Fsp3) is 0.375. The minimum absolute atomic E-state index is 0.00672. The van der Waals surface area contributed by atoms with Gasteiger partial charge in [-0.15, -0.1) is 5.10 Å². The Bertz CT molecular complexity index is 738. The standard InChI is InChI=1S/C16H19N5O2/c1-20(2)15(22)10-21-9-14(18-19-21)16(23)17-13-8-7-11-5-3-4-6-12(11)13/h3-6,9,13H,7-8,10H2,1-2H3,(H,17,23)/t13-/m1/s1. The van der Waals surface area contributed by atoms with E-state index in [1.807, 2.05) is 18.2 Å². The van der Waals surface area contributed by atoms with E-state index in [0.717, 1.165) is 18.4 Å². The maximum atomic E-state index is 12.3. The Morgan fingerprint density at radius 3 is 2.91 bits per heavy atom. The van der Waals surface area contributed by atoms with Crippen molar-refractivity contribution < 1.29 is 9.59 Å². The molecule has 1 heterocycles. The van der Waals surface area contributed by atoms with Gasteiger partial charge in [-0.05, 0) is 24.0 Å². The Hall–Kier alpha value is -2.70. The van der Waals surface area contributed by atoms with Crippen LogP contribution in [0.4, 0.5) is 0 Å². The first-order chi connectivity index (χ1) is 11.0. The summed E-state index contributed by atoms with van der Waals surface area (Å²) in [5, 5.41) is 10.7. The predicted octanol–water partition coefficient (Wildman–Crippen LogP) is 0.784. The molecule has 1 atom stereocenters. The van der Waals surface area contributed by atoms with Gasteiger partial charge < -0.3 is 10.2 Å². The zero-order valence-electron chi connectivity index (χ0n) is 13.2. The molecule has 0 fully saturated rings. The summed E-state index contributed by atoms with van der Waals surface area (Å²) in [5.74, 6) is -0.373. The summed E-state index contributed by atoms with van der Waals surface area (Å²) in [6.07, 6.45) is 3.35. The summed E-state index contributed by atoms with van der Waals surface area (Å²) in [5.41, 5.74) is 2.66. The Labute approximate surface area is 134 Å². The predicted molar refractivity (Wildman–Crippen MR) is 83.7 cm³/mol. The van der Waals surface area contributed by atoms with E-state index >= 15 is 0 Å². The number of nitrogens with one attached hydrogen (secondary N) is 1. The molecule has 0 saturated carbocycles. The summed E-state index contributed by atoms with van der Waals surface area (Å²) >= 11 is 0. The number of carbonyl (C=O) groups excluding carboxylic acids is 2. The largest absolute Gasteiger partial charge is 0.347 e. The van der Waals surface area contributed by atoms with Crippen molar-refractivity contribution in [1.29, 1.82) is 0 Å². The molecule has 0 radical (unpaired) electrons. The molecule has 0 aliphatic heterocycles. The van der Waals surface area contributed by atoms with Gasteiger partial charge in [-0.3, -0.25) is 9.59 Å². The first-order valence-electron chi connectivity index (χ1n) is 7.53. The molecule has 0 unspecified atom stereocenters. The number of carbonyl (C=O) groups is 2. The van der Waals surface area contributed by atoms with Crippen LogP contribution in [-0.4, -0.2) is 45.8 Å². The highest BCUT2D eigenvalue weighted by Gasteiger charge is 2.24. The van der Waals surface area contributed by atoms with Crippen molar-refractivity contribution in [2.75, 3.05) is 14.1 Å². The van der Waals surface area contributed by atoms with Crippen molar-refractivity contribution in [2.24, 2.45) is 0 Å². The average molecular weight is 313 g/mol. The molecule has 1 aliphatic carbocycles. The number of aromatic nitrogens is 3. The molecule has 1 aliphatic rings. The number of hydrogen-bond donors (Lipinski definition) is 1. The molecule has 0 bridgehead atoms. The van der Waals surface area contributed by atoms with Crippen molar-refractivity contribution in [2.45, 2.75) is 25.4 Å². The van der Waals surface area contributed by atoms with Crippen molar-refractivity contribution in [3.05, 3.63) is 47.3 Å². The van der Waals surface area contributed by atoms with E-state index in [1.165, 1.54) is 21.3 Å². The molecule has 1 aromatic carbocycles. The van der Waals surface area contributed by atoms with Crippen LogP contribution < -0.4 is 5.32 Å². The summed E-state index contributed by atoms with van der Waals surface area (Å²) in [6, 6.07) is 8.13. The molecule has 7 heteroatoms. The van der Waals surface area contributed by atoms with Gasteiger partial charge in [0.25, 0.3) is 5.91 Å². The van der Waals surface area contributed by atoms with Gasteiger partial charge in [0.2, 0.25) is 5.91 Å². The zero-order valence-corrected chi connectivity index (χ0v) is 13.2. The van der Waals surface area contributed by atoms with Crippen LogP contribution in [-0.2, 0) is 17.8 Å². The second-order valence-electron chi connectivity index (χ2n) is 5.85. The Kier molecular flexibility index (Phi) is 4.10. The number of likely N-dealkylation sites (N-methyl/N-ethyl adjacent to an activating group) is 1. The maximum absolute atomic E-state index is 12.3. The van der Waals surface area contributed by atoms with Gasteiger partial charge in [0.15, 0.2) is 5.69 Å². The average Bonchev–Trinajstić information content (AvgIpc) is 3.15. The highest BCUT2D eigenvalue weighted by atomic mass is 16.2. The lowest BCUT2D eigenvalue weighted by Gasteiger charge is -2.12. The summed E-state index contributed by atoms with van der Waals surface area (Å²) in [4.78, 5) is 25.4. The fourth-order valence-electron chi connectivity index (χ4n) is 2.70. The number of amides is 2. The van der Waals surface area contributed by atoms with Crippen LogP contribution >= 0.6 is 0 Å². The van der Waals surface area contributed by atoms with Crippen LogP contribution in [0.1, 0.15) is 34.1 Å². The Balaban J connectivity index is 1.66. The minimum atomic E-state index is -0.268. The van der Waals surface area contributed by atoms with E-state index in [-0.39, 0.29) is 30.1 Å². The van der Waals surface area contributed by atoms with Crippen LogP contribution in [0.5, 0.6) is 0 Å². The summed E-state index contributed by atoms with van der Waals surface area (Å²) < 4.78 is 1.37. The molecule has 120 valence electrons. The summed E-state index contributed by atoms with van der Waals surface area (Å²) in [7, 11) is 3.34. The van der Waals surface area contributed by atoms with E-state index in [4.69, 9.17) is 0 Å². The smallest absolute Gasteiger partial charge is 0.273 e. The van der Waals surface area contributed by atoms with E-state index in [0.29, 0.717) is 0 Å². The third-order valence-electron chi connectivity index (χ3n) is 4.01. The number of rotatable bonds is 4. The number of fused-ring (bicyclic) bond motifs is 1. The zero-order chi connectivity index (χ0) is 16.4. The van der Waals surface area contributed by atoms with E-state index in [9.17, 15) is 9.59 Å². The molecular weight excluding hydrogens is 294 g/mol.